The maximum absolute atomic E-state index is 12.9. The predicted octanol–water partition coefficient (Wildman–Crippen LogP) is 6.10. The molecule has 0 atom stereocenters. The summed E-state index contributed by atoms with van der Waals surface area (Å²) in [6.07, 6.45) is 1.55. The molecule has 0 aliphatic carbocycles. The Kier molecular flexibility index (Phi) is 4.71. The highest BCUT2D eigenvalue weighted by Gasteiger charge is 2.23. The third kappa shape index (κ3) is 3.24. The van der Waals surface area contributed by atoms with E-state index in [2.05, 4.69) is 18.2 Å². The van der Waals surface area contributed by atoms with Gasteiger partial charge in [0.2, 0.25) is 5.75 Å². The molecule has 0 saturated heterocycles. The van der Waals surface area contributed by atoms with Crippen molar-refractivity contribution in [3.05, 3.63) is 94.5 Å². The molecular formula is C26H20O5. The maximum atomic E-state index is 12.9. The third-order valence-corrected chi connectivity index (χ3v) is 5.30. The Morgan fingerprint density at radius 3 is 2.48 bits per heavy atom. The number of furan rings is 1. The Morgan fingerprint density at radius 1 is 0.903 bits per heavy atom. The van der Waals surface area contributed by atoms with Gasteiger partial charge in [0, 0.05) is 6.07 Å². The van der Waals surface area contributed by atoms with Gasteiger partial charge in [-0.3, -0.25) is 4.79 Å². The van der Waals surface area contributed by atoms with Gasteiger partial charge in [0.15, 0.2) is 16.6 Å². The SMILES string of the molecule is COc1c2occc2c(OCc2ccccc2-c2ccccc2)c2c(=O)cc(C)oc12. The zero-order valence-corrected chi connectivity index (χ0v) is 17.2. The van der Waals surface area contributed by atoms with Crippen LogP contribution in [0.5, 0.6) is 11.5 Å². The van der Waals surface area contributed by atoms with Gasteiger partial charge in [-0.1, -0.05) is 54.6 Å². The quantitative estimate of drug-likeness (QED) is 0.349. The highest BCUT2D eigenvalue weighted by molar-refractivity contribution is 6.06. The van der Waals surface area contributed by atoms with E-state index < -0.39 is 0 Å². The molecule has 0 fully saturated rings. The van der Waals surface area contributed by atoms with E-state index in [1.54, 1.807) is 19.3 Å². The fourth-order valence-corrected chi connectivity index (χ4v) is 3.92. The largest absolute Gasteiger partial charge is 0.490 e. The topological polar surface area (TPSA) is 61.8 Å². The molecule has 3 aromatic carbocycles. The van der Waals surface area contributed by atoms with E-state index in [4.69, 9.17) is 18.3 Å². The van der Waals surface area contributed by atoms with Crippen LogP contribution in [0, 0.1) is 6.92 Å². The molecule has 0 radical (unpaired) electrons. The summed E-state index contributed by atoms with van der Waals surface area (Å²) in [6, 6.07) is 21.4. The molecule has 5 aromatic rings. The highest BCUT2D eigenvalue weighted by atomic mass is 16.5. The Hall–Kier alpha value is -3.99. The molecule has 0 aliphatic heterocycles. The van der Waals surface area contributed by atoms with Gasteiger partial charge in [-0.15, -0.1) is 0 Å². The summed E-state index contributed by atoms with van der Waals surface area (Å²) in [5, 5.41) is 1.01. The van der Waals surface area contributed by atoms with Crippen molar-refractivity contribution in [2.75, 3.05) is 7.11 Å². The Labute approximate surface area is 178 Å². The molecular weight excluding hydrogens is 392 g/mol. The van der Waals surface area contributed by atoms with E-state index in [1.807, 2.05) is 36.4 Å². The first-order valence-corrected chi connectivity index (χ1v) is 9.95. The van der Waals surface area contributed by atoms with Crippen LogP contribution in [0.15, 0.2) is 86.6 Å². The van der Waals surface area contributed by atoms with Gasteiger partial charge in [0.05, 0.1) is 18.8 Å². The second kappa shape index (κ2) is 7.69. The smallest absolute Gasteiger partial charge is 0.206 e. The van der Waals surface area contributed by atoms with Crippen molar-refractivity contribution in [1.29, 1.82) is 0 Å². The number of aryl methyl sites for hydroxylation is 1. The lowest BCUT2D eigenvalue weighted by molar-refractivity contribution is 0.313. The Balaban J connectivity index is 1.66. The summed E-state index contributed by atoms with van der Waals surface area (Å²) < 4.78 is 23.3. The van der Waals surface area contributed by atoms with Crippen molar-refractivity contribution in [1.82, 2.24) is 0 Å². The molecule has 31 heavy (non-hydrogen) atoms. The van der Waals surface area contributed by atoms with E-state index in [0.29, 0.717) is 39.2 Å². The van der Waals surface area contributed by atoms with Crippen LogP contribution >= 0.6 is 0 Å². The summed E-state index contributed by atoms with van der Waals surface area (Å²) in [4.78, 5) is 12.9. The minimum Gasteiger partial charge on any atom is -0.490 e. The lowest BCUT2D eigenvalue weighted by Gasteiger charge is -2.15. The van der Waals surface area contributed by atoms with Crippen molar-refractivity contribution in [2.45, 2.75) is 13.5 Å². The van der Waals surface area contributed by atoms with Crippen molar-refractivity contribution in [3.63, 3.8) is 0 Å². The first kappa shape index (κ1) is 19.0. The molecule has 0 amide bonds. The number of benzene rings is 3. The summed E-state index contributed by atoms with van der Waals surface area (Å²) in [5.74, 6) is 1.30. The zero-order chi connectivity index (χ0) is 21.4. The van der Waals surface area contributed by atoms with Gasteiger partial charge < -0.3 is 18.3 Å². The molecule has 5 rings (SSSR count). The molecule has 0 saturated carbocycles. The number of hydrogen-bond donors (Lipinski definition) is 0. The van der Waals surface area contributed by atoms with Crippen LogP contribution < -0.4 is 14.9 Å². The summed E-state index contributed by atoms with van der Waals surface area (Å²) in [7, 11) is 1.52. The van der Waals surface area contributed by atoms with E-state index in [9.17, 15) is 4.79 Å². The monoisotopic (exact) mass is 412 g/mol. The number of ether oxygens (including phenoxy) is 2. The maximum Gasteiger partial charge on any atom is 0.206 e. The second-order valence-electron chi connectivity index (χ2n) is 7.26. The molecule has 5 nitrogen and oxygen atoms in total. The normalized spacial score (nSPS) is 11.2. The van der Waals surface area contributed by atoms with Crippen LogP contribution in [0.3, 0.4) is 0 Å². The Morgan fingerprint density at radius 2 is 1.68 bits per heavy atom. The highest BCUT2D eigenvalue weighted by Crippen LogP contribution is 2.42. The average Bonchev–Trinajstić information content (AvgIpc) is 3.27. The fourth-order valence-electron chi connectivity index (χ4n) is 3.92. The molecule has 154 valence electrons. The number of hydrogen-bond acceptors (Lipinski definition) is 5. The van der Waals surface area contributed by atoms with Crippen molar-refractivity contribution < 1.29 is 18.3 Å². The van der Waals surface area contributed by atoms with Crippen LogP contribution in [0.2, 0.25) is 0 Å². The first-order chi connectivity index (χ1) is 15.2. The van der Waals surface area contributed by atoms with Gasteiger partial charge in [-0.25, -0.2) is 0 Å². The second-order valence-corrected chi connectivity index (χ2v) is 7.26. The first-order valence-electron chi connectivity index (χ1n) is 9.95. The standard InChI is InChI=1S/C26H20O5/c1-16-14-21(27)22-23(20-12-13-29-24(20)26(28-2)25(22)31-16)30-15-18-10-6-7-11-19(18)17-8-4-3-5-9-17/h3-14H,15H2,1-2H3. The molecule has 0 spiro atoms. The van der Waals surface area contributed by atoms with Gasteiger partial charge >= 0.3 is 0 Å². The number of methoxy groups -OCH3 is 1. The molecule has 2 heterocycles. The molecule has 0 bridgehead atoms. The van der Waals surface area contributed by atoms with Crippen LogP contribution in [0.25, 0.3) is 33.1 Å². The lowest BCUT2D eigenvalue weighted by Crippen LogP contribution is -2.06. The number of fused-ring (bicyclic) bond motifs is 2. The van der Waals surface area contributed by atoms with E-state index in [0.717, 1.165) is 16.7 Å². The zero-order valence-electron chi connectivity index (χ0n) is 17.2. The van der Waals surface area contributed by atoms with Crippen LogP contribution in [-0.4, -0.2) is 7.11 Å². The summed E-state index contributed by atoms with van der Waals surface area (Å²) in [6.45, 7) is 2.00. The van der Waals surface area contributed by atoms with Gasteiger partial charge in [0.1, 0.15) is 23.5 Å². The minimum atomic E-state index is -0.188. The molecule has 2 aromatic heterocycles. The van der Waals surface area contributed by atoms with Crippen LogP contribution in [-0.2, 0) is 6.61 Å². The van der Waals surface area contributed by atoms with Crippen LogP contribution in [0.1, 0.15) is 11.3 Å². The molecule has 0 N–H and O–H groups in total. The average molecular weight is 412 g/mol. The van der Waals surface area contributed by atoms with Crippen molar-refractivity contribution in [2.24, 2.45) is 0 Å². The van der Waals surface area contributed by atoms with Gasteiger partial charge in [-0.2, -0.15) is 0 Å². The van der Waals surface area contributed by atoms with E-state index in [-0.39, 0.29) is 12.0 Å². The van der Waals surface area contributed by atoms with E-state index in [1.165, 1.54) is 13.2 Å². The van der Waals surface area contributed by atoms with Crippen molar-refractivity contribution >= 4 is 21.9 Å². The molecule has 0 aliphatic rings. The van der Waals surface area contributed by atoms with E-state index >= 15 is 0 Å². The fraction of sp³-hybridized carbons (Fsp3) is 0.115. The minimum absolute atomic E-state index is 0.188. The molecule has 0 unspecified atom stereocenters. The van der Waals surface area contributed by atoms with Crippen molar-refractivity contribution in [3.8, 4) is 22.6 Å². The number of rotatable bonds is 5. The van der Waals surface area contributed by atoms with Gasteiger partial charge in [0.25, 0.3) is 0 Å². The van der Waals surface area contributed by atoms with Crippen LogP contribution in [0.4, 0.5) is 0 Å². The third-order valence-electron chi connectivity index (χ3n) is 5.30. The summed E-state index contributed by atoms with van der Waals surface area (Å²) >= 11 is 0. The molecule has 5 heteroatoms. The predicted molar refractivity (Wildman–Crippen MR) is 120 cm³/mol. The Bertz CT molecular complexity index is 1440. The lowest BCUT2D eigenvalue weighted by atomic mass is 10.0. The van der Waals surface area contributed by atoms with Gasteiger partial charge in [-0.05, 0) is 29.7 Å². The summed E-state index contributed by atoms with van der Waals surface area (Å²) in [5.41, 5.74) is 3.80.